The van der Waals surface area contributed by atoms with Crippen LogP contribution in [0.15, 0.2) is 24.8 Å². The first-order valence-corrected chi connectivity index (χ1v) is 4.41. The van der Waals surface area contributed by atoms with Crippen LogP contribution in [0.4, 0.5) is 0 Å². The Morgan fingerprint density at radius 3 is 3.33 bits per heavy atom. The van der Waals surface area contributed by atoms with E-state index >= 15 is 0 Å². The number of fused-ring (bicyclic) bond motifs is 1. The molecule has 0 fully saturated rings. The number of rotatable bonds is 2. The number of hydrogen-bond acceptors (Lipinski definition) is 3. The molecule has 0 spiro atoms. The van der Waals surface area contributed by atoms with Gasteiger partial charge in [-0.3, -0.25) is 0 Å². The first-order valence-electron chi connectivity index (χ1n) is 3.64. The molecular weight excluding hydrogens is 168 g/mol. The molecule has 0 aliphatic rings. The van der Waals surface area contributed by atoms with Gasteiger partial charge in [-0.25, -0.2) is 0 Å². The highest BCUT2D eigenvalue weighted by atomic mass is 32.1. The van der Waals surface area contributed by atoms with Gasteiger partial charge in [-0.05, 0) is 29.6 Å². The molecule has 0 amide bonds. The maximum absolute atomic E-state index is 3.94. The van der Waals surface area contributed by atoms with Crippen molar-refractivity contribution in [2.24, 2.45) is 0 Å². The van der Waals surface area contributed by atoms with Crippen LogP contribution < -0.4 is 0 Å². The maximum atomic E-state index is 3.94. The van der Waals surface area contributed by atoms with E-state index in [9.17, 15) is 0 Å². The smallest absolute Gasteiger partial charge is 0.114 e. The summed E-state index contributed by atoms with van der Waals surface area (Å²) in [5.74, 6) is 0. The van der Waals surface area contributed by atoms with Crippen molar-refractivity contribution >= 4 is 21.7 Å². The van der Waals surface area contributed by atoms with Gasteiger partial charge in [0.25, 0.3) is 0 Å². The first kappa shape index (κ1) is 7.43. The molecule has 0 atom stereocenters. The molecule has 0 aliphatic heterocycles. The van der Waals surface area contributed by atoms with Gasteiger partial charge in [0, 0.05) is 6.07 Å². The van der Waals surface area contributed by atoms with Crippen molar-refractivity contribution in [3.8, 4) is 0 Å². The molecule has 0 saturated carbocycles. The largest absolute Gasteiger partial charge is 0.137 e. The Balaban J connectivity index is 2.52. The van der Waals surface area contributed by atoms with Crippen molar-refractivity contribution in [2.75, 3.05) is 0 Å². The van der Waals surface area contributed by atoms with Gasteiger partial charge in [-0.1, -0.05) is 16.6 Å². The topological polar surface area (TPSA) is 25.8 Å². The van der Waals surface area contributed by atoms with Gasteiger partial charge in [0.1, 0.15) is 5.52 Å². The SMILES string of the molecule is C=CCc1[c]c2nnsc2cc1. The molecule has 1 heterocycles. The minimum absolute atomic E-state index is 0.841. The van der Waals surface area contributed by atoms with Crippen LogP contribution in [0.1, 0.15) is 5.56 Å². The zero-order valence-electron chi connectivity index (χ0n) is 6.45. The average Bonchev–Trinajstić information content (AvgIpc) is 2.51. The quantitative estimate of drug-likeness (QED) is 0.654. The Labute approximate surface area is 74.7 Å². The summed E-state index contributed by atoms with van der Waals surface area (Å²) >= 11 is 1.40. The van der Waals surface area contributed by atoms with Crippen LogP contribution in [0.25, 0.3) is 10.2 Å². The van der Waals surface area contributed by atoms with E-state index in [0.29, 0.717) is 0 Å². The van der Waals surface area contributed by atoms with Crippen molar-refractivity contribution in [2.45, 2.75) is 6.42 Å². The molecule has 1 aromatic heterocycles. The first-order chi connectivity index (χ1) is 5.90. The lowest BCUT2D eigenvalue weighted by atomic mass is 10.1. The van der Waals surface area contributed by atoms with E-state index in [1.807, 2.05) is 18.2 Å². The summed E-state index contributed by atoms with van der Waals surface area (Å²) in [7, 11) is 0. The number of benzene rings is 1. The average molecular weight is 175 g/mol. The van der Waals surface area contributed by atoms with Crippen molar-refractivity contribution in [1.29, 1.82) is 0 Å². The van der Waals surface area contributed by atoms with Crippen LogP contribution in [0.3, 0.4) is 0 Å². The molecule has 0 saturated heterocycles. The Morgan fingerprint density at radius 2 is 2.50 bits per heavy atom. The normalized spacial score (nSPS) is 10.3. The summed E-state index contributed by atoms with van der Waals surface area (Å²) in [6, 6.07) is 7.23. The number of aromatic nitrogens is 2. The summed E-state index contributed by atoms with van der Waals surface area (Å²) in [6.07, 6.45) is 2.70. The fourth-order valence-electron chi connectivity index (χ4n) is 1.04. The highest BCUT2D eigenvalue weighted by Crippen LogP contribution is 2.16. The molecule has 2 nitrogen and oxygen atoms in total. The molecule has 0 aliphatic carbocycles. The van der Waals surface area contributed by atoms with E-state index in [1.54, 1.807) is 0 Å². The van der Waals surface area contributed by atoms with Crippen LogP contribution >= 0.6 is 11.5 Å². The van der Waals surface area contributed by atoms with E-state index in [4.69, 9.17) is 0 Å². The molecule has 12 heavy (non-hydrogen) atoms. The van der Waals surface area contributed by atoms with Crippen LogP contribution in [0.2, 0.25) is 0 Å². The Kier molecular flexibility index (Phi) is 1.87. The van der Waals surface area contributed by atoms with Crippen LogP contribution in [0.5, 0.6) is 0 Å². The molecule has 3 heteroatoms. The highest BCUT2D eigenvalue weighted by molar-refractivity contribution is 7.12. The molecule has 0 bridgehead atoms. The third-order valence-electron chi connectivity index (χ3n) is 1.59. The lowest BCUT2D eigenvalue weighted by Crippen LogP contribution is -1.80. The van der Waals surface area contributed by atoms with Gasteiger partial charge in [-0.2, -0.15) is 0 Å². The molecular formula is C9H7N2S. The van der Waals surface area contributed by atoms with Gasteiger partial charge in [0.2, 0.25) is 0 Å². The maximum Gasteiger partial charge on any atom is 0.114 e. The molecule has 0 unspecified atom stereocenters. The minimum Gasteiger partial charge on any atom is -0.137 e. The second-order valence-corrected chi connectivity index (χ2v) is 3.25. The zero-order valence-corrected chi connectivity index (χ0v) is 7.27. The van der Waals surface area contributed by atoms with E-state index in [0.717, 1.165) is 22.2 Å². The van der Waals surface area contributed by atoms with Gasteiger partial charge >= 0.3 is 0 Å². The monoisotopic (exact) mass is 175 g/mol. The fraction of sp³-hybridized carbons (Fsp3) is 0.111. The third-order valence-corrected chi connectivity index (χ3v) is 2.28. The second-order valence-electron chi connectivity index (χ2n) is 2.46. The van der Waals surface area contributed by atoms with E-state index < -0.39 is 0 Å². The Morgan fingerprint density at radius 1 is 1.58 bits per heavy atom. The third kappa shape index (κ3) is 1.23. The van der Waals surface area contributed by atoms with Crippen molar-refractivity contribution < 1.29 is 0 Å². The number of hydrogen-bond donors (Lipinski definition) is 0. The summed E-state index contributed by atoms with van der Waals surface area (Å²) < 4.78 is 4.92. The Hall–Kier alpha value is -1.22. The summed E-state index contributed by atoms with van der Waals surface area (Å²) in [5, 5.41) is 3.94. The molecule has 59 valence electrons. The number of allylic oxidation sites excluding steroid dienone is 1. The molecule has 2 rings (SSSR count). The van der Waals surface area contributed by atoms with Gasteiger partial charge < -0.3 is 0 Å². The zero-order chi connectivity index (χ0) is 8.39. The predicted molar refractivity (Wildman–Crippen MR) is 50.2 cm³/mol. The molecule has 1 radical (unpaired) electrons. The number of nitrogens with zero attached hydrogens (tertiary/aromatic N) is 2. The minimum atomic E-state index is 0.841. The van der Waals surface area contributed by atoms with Crippen LogP contribution in [0, 0.1) is 6.07 Å². The fourth-order valence-corrected chi connectivity index (χ4v) is 1.56. The highest BCUT2D eigenvalue weighted by Gasteiger charge is 1.98. The molecule has 2 aromatic rings. The van der Waals surface area contributed by atoms with E-state index in [2.05, 4.69) is 22.2 Å². The molecule has 1 aromatic carbocycles. The lowest BCUT2D eigenvalue weighted by Gasteiger charge is -1.92. The van der Waals surface area contributed by atoms with Gasteiger partial charge in [-0.15, -0.1) is 11.7 Å². The van der Waals surface area contributed by atoms with Crippen LogP contribution in [-0.2, 0) is 6.42 Å². The van der Waals surface area contributed by atoms with Crippen molar-refractivity contribution in [3.63, 3.8) is 0 Å². The van der Waals surface area contributed by atoms with Gasteiger partial charge in [0.05, 0.1) is 4.70 Å². The summed E-state index contributed by atoms with van der Waals surface area (Å²) in [6.45, 7) is 3.67. The lowest BCUT2D eigenvalue weighted by molar-refractivity contribution is 1.19. The summed E-state index contributed by atoms with van der Waals surface area (Å²) in [5.41, 5.74) is 1.98. The standard InChI is InChI=1S/C9H7N2S/c1-2-3-7-4-5-9-8(6-7)10-11-12-9/h2,4-5H,1,3H2. The van der Waals surface area contributed by atoms with Gasteiger partial charge in [0.15, 0.2) is 0 Å². The van der Waals surface area contributed by atoms with Crippen LogP contribution in [-0.4, -0.2) is 9.59 Å². The summed E-state index contributed by atoms with van der Waals surface area (Å²) in [4.78, 5) is 0. The predicted octanol–water partition coefficient (Wildman–Crippen LogP) is 2.22. The molecule has 0 N–H and O–H groups in total. The Bertz CT molecular complexity index is 406. The van der Waals surface area contributed by atoms with Crippen molar-refractivity contribution in [1.82, 2.24) is 9.59 Å². The second kappa shape index (κ2) is 3.03. The van der Waals surface area contributed by atoms with E-state index in [1.165, 1.54) is 11.5 Å². The van der Waals surface area contributed by atoms with Crippen molar-refractivity contribution in [3.05, 3.63) is 36.4 Å². The van der Waals surface area contributed by atoms with E-state index in [-0.39, 0.29) is 0 Å².